The molecule has 31 heavy (non-hydrogen) atoms. The van der Waals surface area contributed by atoms with Crippen LogP contribution in [0.5, 0.6) is 5.75 Å². The van der Waals surface area contributed by atoms with E-state index in [4.69, 9.17) is 16.3 Å². The Morgan fingerprint density at radius 2 is 1.71 bits per heavy atom. The molecule has 0 heterocycles. The normalized spacial score (nSPS) is 12.7. The summed E-state index contributed by atoms with van der Waals surface area (Å²) in [5.74, 6) is 0.204. The van der Waals surface area contributed by atoms with Crippen molar-refractivity contribution in [3.05, 3.63) is 64.7 Å². The number of amides is 2. The van der Waals surface area contributed by atoms with E-state index in [0.29, 0.717) is 17.2 Å². The van der Waals surface area contributed by atoms with Gasteiger partial charge in [0.2, 0.25) is 5.91 Å². The maximum atomic E-state index is 13.2. The molecule has 0 aromatic heterocycles. The van der Waals surface area contributed by atoms with E-state index in [2.05, 4.69) is 12.2 Å². The van der Waals surface area contributed by atoms with Crippen molar-refractivity contribution < 1.29 is 14.3 Å². The van der Waals surface area contributed by atoms with Crippen molar-refractivity contribution in [2.45, 2.75) is 65.6 Å². The number of ether oxygens (including phenoxy) is 1. The summed E-state index contributed by atoms with van der Waals surface area (Å²) < 4.78 is 5.74. The number of carbonyl (C=O) groups is 2. The second-order valence-corrected chi connectivity index (χ2v) is 8.05. The summed E-state index contributed by atoms with van der Waals surface area (Å²) in [6.07, 6.45) is 2.25. The van der Waals surface area contributed by atoms with Crippen LogP contribution in [0.1, 0.15) is 51.7 Å². The number of halogens is 1. The van der Waals surface area contributed by atoms with Gasteiger partial charge in [0.05, 0.1) is 0 Å². The number of hydrogen-bond donors (Lipinski definition) is 1. The fourth-order valence-corrected chi connectivity index (χ4v) is 3.42. The van der Waals surface area contributed by atoms with E-state index in [-0.39, 0.29) is 31.0 Å². The highest BCUT2D eigenvalue weighted by atomic mass is 35.5. The smallest absolute Gasteiger partial charge is 0.261 e. The molecule has 2 amide bonds. The molecule has 2 atom stereocenters. The van der Waals surface area contributed by atoms with Gasteiger partial charge in [-0.1, -0.05) is 62.7 Å². The Morgan fingerprint density at radius 3 is 2.29 bits per heavy atom. The third-order valence-corrected chi connectivity index (χ3v) is 5.75. The molecule has 0 saturated heterocycles. The van der Waals surface area contributed by atoms with Crippen LogP contribution in [0.15, 0.2) is 48.5 Å². The summed E-state index contributed by atoms with van der Waals surface area (Å²) in [5, 5.41) is 3.56. The maximum Gasteiger partial charge on any atom is 0.261 e. The lowest BCUT2D eigenvalue weighted by molar-refractivity contribution is -0.143. The van der Waals surface area contributed by atoms with Gasteiger partial charge in [-0.3, -0.25) is 9.59 Å². The Kier molecular flexibility index (Phi) is 9.86. The summed E-state index contributed by atoms with van der Waals surface area (Å²) in [5.41, 5.74) is 1.99. The zero-order chi connectivity index (χ0) is 22.8. The fourth-order valence-electron chi connectivity index (χ4n) is 3.22. The van der Waals surface area contributed by atoms with Gasteiger partial charge in [0.25, 0.3) is 5.91 Å². The molecule has 0 radical (unpaired) electrons. The van der Waals surface area contributed by atoms with Gasteiger partial charge in [-0.05, 0) is 55.5 Å². The zero-order valence-corrected chi connectivity index (χ0v) is 19.6. The molecular weight excluding hydrogens is 412 g/mol. The van der Waals surface area contributed by atoms with Crippen LogP contribution in [0.25, 0.3) is 0 Å². The van der Waals surface area contributed by atoms with Crippen LogP contribution in [0, 0.1) is 0 Å². The van der Waals surface area contributed by atoms with Crippen molar-refractivity contribution in [2.24, 2.45) is 0 Å². The van der Waals surface area contributed by atoms with Gasteiger partial charge in [-0.15, -0.1) is 0 Å². The highest BCUT2D eigenvalue weighted by Crippen LogP contribution is 2.20. The van der Waals surface area contributed by atoms with Crippen LogP contribution in [0.4, 0.5) is 0 Å². The molecule has 2 rings (SSSR count). The zero-order valence-electron chi connectivity index (χ0n) is 18.9. The first-order valence-electron chi connectivity index (χ1n) is 10.9. The Balaban J connectivity index is 2.20. The van der Waals surface area contributed by atoms with Crippen molar-refractivity contribution in [1.82, 2.24) is 10.2 Å². The predicted molar refractivity (Wildman–Crippen MR) is 125 cm³/mol. The number of rotatable bonds is 11. The van der Waals surface area contributed by atoms with E-state index in [1.807, 2.05) is 63.2 Å². The number of nitrogens with zero attached hydrogens (tertiary/aromatic N) is 1. The van der Waals surface area contributed by atoms with Gasteiger partial charge in [0.1, 0.15) is 11.8 Å². The average molecular weight is 445 g/mol. The molecule has 0 bridgehead atoms. The van der Waals surface area contributed by atoms with Gasteiger partial charge in [0.15, 0.2) is 6.61 Å². The molecule has 0 aliphatic carbocycles. The minimum atomic E-state index is -0.608. The van der Waals surface area contributed by atoms with Crippen molar-refractivity contribution >= 4 is 23.4 Å². The van der Waals surface area contributed by atoms with Crippen molar-refractivity contribution in [1.29, 1.82) is 0 Å². The number of hydrogen-bond acceptors (Lipinski definition) is 3. The molecule has 0 aliphatic rings. The minimum absolute atomic E-state index is 0.0344. The largest absolute Gasteiger partial charge is 0.484 e. The second kappa shape index (κ2) is 12.4. The van der Waals surface area contributed by atoms with Crippen LogP contribution in [-0.4, -0.2) is 35.4 Å². The molecule has 0 saturated carbocycles. The lowest BCUT2D eigenvalue weighted by Crippen LogP contribution is -2.51. The van der Waals surface area contributed by atoms with E-state index < -0.39 is 6.04 Å². The molecule has 168 valence electrons. The minimum Gasteiger partial charge on any atom is -0.484 e. The summed E-state index contributed by atoms with van der Waals surface area (Å²) >= 11 is 6.34. The molecule has 2 aromatic carbocycles. The Labute approximate surface area is 190 Å². The predicted octanol–water partition coefficient (Wildman–Crippen LogP) is 5.00. The average Bonchev–Trinajstić information content (AvgIpc) is 2.78. The van der Waals surface area contributed by atoms with E-state index in [1.54, 1.807) is 11.0 Å². The highest BCUT2D eigenvalue weighted by Gasteiger charge is 2.30. The van der Waals surface area contributed by atoms with Crippen LogP contribution >= 0.6 is 11.6 Å². The summed E-state index contributed by atoms with van der Waals surface area (Å²) in [7, 11) is 0. The topological polar surface area (TPSA) is 58.6 Å². The van der Waals surface area contributed by atoms with Crippen molar-refractivity contribution in [3.8, 4) is 5.75 Å². The number of benzene rings is 2. The molecule has 6 heteroatoms. The first kappa shape index (κ1) is 24.7. The molecule has 0 aliphatic heterocycles. The standard InChI is InChI=1S/C25H33ClN2O3/c1-5-18(4)27-25(30)23(7-3)28(16-20-10-8-9-11-22(20)26)24(29)17-31-21-14-12-19(6-2)13-15-21/h8-15,18,23H,5-7,16-17H2,1-4H3,(H,27,30)/t18-,23-/m0/s1. The molecule has 5 nitrogen and oxygen atoms in total. The van der Waals surface area contributed by atoms with E-state index in [0.717, 1.165) is 18.4 Å². The van der Waals surface area contributed by atoms with E-state index >= 15 is 0 Å². The molecular formula is C25H33ClN2O3. The molecule has 0 unspecified atom stereocenters. The first-order valence-corrected chi connectivity index (χ1v) is 11.3. The van der Waals surface area contributed by atoms with Gasteiger partial charge in [0, 0.05) is 17.6 Å². The number of nitrogens with one attached hydrogen (secondary N) is 1. The lowest BCUT2D eigenvalue weighted by Gasteiger charge is -2.31. The maximum absolute atomic E-state index is 13.2. The lowest BCUT2D eigenvalue weighted by atomic mass is 10.1. The van der Waals surface area contributed by atoms with Gasteiger partial charge in [-0.2, -0.15) is 0 Å². The molecule has 1 N–H and O–H groups in total. The molecule has 2 aromatic rings. The van der Waals surface area contributed by atoms with Crippen molar-refractivity contribution in [3.63, 3.8) is 0 Å². The Bertz CT molecular complexity index is 854. The second-order valence-electron chi connectivity index (χ2n) is 7.64. The Morgan fingerprint density at radius 1 is 1.03 bits per heavy atom. The quantitative estimate of drug-likeness (QED) is 0.530. The highest BCUT2D eigenvalue weighted by molar-refractivity contribution is 6.31. The van der Waals surface area contributed by atoms with E-state index in [9.17, 15) is 9.59 Å². The van der Waals surface area contributed by atoms with Gasteiger partial charge in [-0.25, -0.2) is 0 Å². The summed E-state index contributed by atoms with van der Waals surface area (Å²) in [4.78, 5) is 27.7. The SMILES string of the molecule is CCc1ccc(OCC(=O)N(Cc2ccccc2Cl)[C@@H](CC)C(=O)N[C@@H](C)CC)cc1. The first-order chi connectivity index (χ1) is 14.9. The third-order valence-electron chi connectivity index (χ3n) is 5.38. The monoisotopic (exact) mass is 444 g/mol. The van der Waals surface area contributed by atoms with Crippen LogP contribution in [0.2, 0.25) is 5.02 Å². The number of aryl methyl sites for hydroxylation is 1. The Hall–Kier alpha value is -2.53. The summed E-state index contributed by atoms with van der Waals surface area (Å²) in [6.45, 7) is 8.04. The van der Waals surface area contributed by atoms with Crippen LogP contribution in [-0.2, 0) is 22.6 Å². The number of carbonyl (C=O) groups excluding carboxylic acids is 2. The summed E-state index contributed by atoms with van der Waals surface area (Å²) in [6, 6.07) is 14.5. The van der Waals surface area contributed by atoms with E-state index in [1.165, 1.54) is 5.56 Å². The molecule has 0 spiro atoms. The fraction of sp³-hybridized carbons (Fsp3) is 0.440. The third kappa shape index (κ3) is 7.28. The van der Waals surface area contributed by atoms with Crippen LogP contribution < -0.4 is 10.1 Å². The van der Waals surface area contributed by atoms with Gasteiger partial charge < -0.3 is 15.0 Å². The van der Waals surface area contributed by atoms with Crippen molar-refractivity contribution in [2.75, 3.05) is 6.61 Å². The van der Waals surface area contributed by atoms with Gasteiger partial charge >= 0.3 is 0 Å². The van der Waals surface area contributed by atoms with Crippen LogP contribution in [0.3, 0.4) is 0 Å². The molecule has 0 fully saturated rings.